The van der Waals surface area contributed by atoms with E-state index >= 15 is 0 Å². The van der Waals surface area contributed by atoms with Crippen LogP contribution in [0.4, 0.5) is 0 Å². The van der Waals surface area contributed by atoms with E-state index in [2.05, 4.69) is 31.9 Å². The Kier molecular flexibility index (Phi) is 13.7. The molecule has 49 heavy (non-hydrogen) atoms. The van der Waals surface area contributed by atoms with Crippen molar-refractivity contribution in [3.8, 4) is 39.7 Å². The van der Waals surface area contributed by atoms with Crippen molar-refractivity contribution in [3.63, 3.8) is 0 Å². The summed E-state index contributed by atoms with van der Waals surface area (Å²) in [5, 5.41) is 43.9. The molecule has 0 atom stereocenters. The van der Waals surface area contributed by atoms with E-state index in [1.54, 1.807) is 48.5 Å². The number of hydrogen-bond acceptors (Lipinski definition) is 9. The Bertz CT molecular complexity index is 2340. The Labute approximate surface area is 354 Å². The first-order valence-corrected chi connectivity index (χ1v) is 17.7. The number of aromatic hydroxyl groups is 2. The molecule has 0 spiro atoms. The van der Waals surface area contributed by atoms with E-state index in [0.717, 1.165) is 0 Å². The molecule has 0 saturated heterocycles. The number of fused-ring (bicyclic) bond motifs is 4. The van der Waals surface area contributed by atoms with Crippen molar-refractivity contribution in [1.29, 1.82) is 0 Å². The summed E-state index contributed by atoms with van der Waals surface area (Å²) >= 11 is 6.47. The molecular weight excluding hydrogens is 975 g/mol. The van der Waals surface area contributed by atoms with Crippen LogP contribution in [-0.4, -0.2) is 33.2 Å². The van der Waals surface area contributed by atoms with Crippen LogP contribution in [-0.2, 0) is 26.1 Å². The Balaban J connectivity index is 0.000000270. The maximum Gasteiger partial charge on any atom is 1.00 e. The molecule has 1 aliphatic heterocycles. The predicted molar refractivity (Wildman–Crippen MR) is 170 cm³/mol. The zero-order valence-corrected chi connectivity index (χ0v) is 38.4. The van der Waals surface area contributed by atoms with Gasteiger partial charge in [0, 0.05) is 16.7 Å². The molecular formula is C34H17Br2HgNa2O10. The molecule has 15 heteroatoms. The number of rotatable bonds is 2. The molecule has 231 valence electrons. The van der Waals surface area contributed by atoms with Crippen LogP contribution < -0.4 is 77.8 Å². The van der Waals surface area contributed by atoms with E-state index in [-0.39, 0.29) is 136 Å². The van der Waals surface area contributed by atoms with Gasteiger partial charge in [0.25, 0.3) is 0 Å². The van der Waals surface area contributed by atoms with Gasteiger partial charge in [-0.1, -0.05) is 24.3 Å². The summed E-state index contributed by atoms with van der Waals surface area (Å²) in [6, 6.07) is 20.0. The second kappa shape index (κ2) is 16.3. The smallest absolute Gasteiger partial charge is 0.504 e. The maximum atomic E-state index is 12.4. The molecule has 0 aromatic heterocycles. The standard InChI is InChI=1S/C20H9Br2O5.C14H8O4.Hg.2Na.H2O/c21-13-5-11-17(7-15(13)23)27-18-8-16(24)14(22)6-12(18)19(11)9-3-1-2-4-10(9)20(25)26;15-10-6-5-9-11(14(10)18)13(17)8-4-2-1-3-7(8)12(9)16;;;;/h1-7,24H,(H,25,26);1-6,15,18H;;;;1H2/q;;;2*+1;/p-2. The van der Waals surface area contributed by atoms with Crippen molar-refractivity contribution in [2.45, 2.75) is 0 Å². The largest absolute Gasteiger partial charge is 1.00 e. The molecule has 10 nitrogen and oxygen atoms in total. The van der Waals surface area contributed by atoms with Gasteiger partial charge in [-0.25, -0.2) is 0 Å². The first-order valence-electron chi connectivity index (χ1n) is 13.4. The Morgan fingerprint density at radius 3 is 1.96 bits per heavy atom. The van der Waals surface area contributed by atoms with Gasteiger partial charge in [0.2, 0.25) is 0 Å². The molecule has 1 heterocycles. The topological polar surface area (TPSA) is 199 Å². The van der Waals surface area contributed by atoms with Gasteiger partial charge in [-0.3, -0.25) is 9.59 Å². The number of phenolic OH excluding ortho intramolecular Hbond substituents is 2. The molecule has 0 fully saturated rings. The summed E-state index contributed by atoms with van der Waals surface area (Å²) in [5.74, 6) is -2.90. The van der Waals surface area contributed by atoms with Crippen molar-refractivity contribution in [1.82, 2.24) is 0 Å². The number of phenols is 2. The third-order valence-electron chi connectivity index (χ3n) is 7.53. The fourth-order valence-corrected chi connectivity index (χ4v) is 8.95. The number of carboxylic acid groups (broad SMARTS) is 1. The van der Waals surface area contributed by atoms with Gasteiger partial charge in [-0.15, -0.1) is 0 Å². The Morgan fingerprint density at radius 2 is 1.33 bits per heavy atom. The van der Waals surface area contributed by atoms with Gasteiger partial charge < -0.3 is 15.7 Å². The molecule has 4 N–H and O–H groups in total. The fraction of sp³-hybridized carbons (Fsp3) is 0. The van der Waals surface area contributed by atoms with E-state index in [4.69, 9.17) is 4.42 Å². The number of carboxylic acids is 1. The van der Waals surface area contributed by atoms with Crippen LogP contribution >= 0.6 is 31.9 Å². The van der Waals surface area contributed by atoms with Crippen molar-refractivity contribution < 1.29 is 130 Å². The number of hydrogen-bond donors (Lipinski definition) is 2. The number of benzene rings is 5. The van der Waals surface area contributed by atoms with Gasteiger partial charge in [-0.2, -0.15) is 0 Å². The monoisotopic (exact) mass is 991 g/mol. The van der Waals surface area contributed by atoms with Crippen molar-refractivity contribution in [2.24, 2.45) is 0 Å². The molecule has 4 aromatic rings. The molecule has 4 aromatic carbocycles. The second-order valence-corrected chi connectivity index (χ2v) is 14.6. The van der Waals surface area contributed by atoms with E-state index in [1.165, 1.54) is 30.3 Å². The van der Waals surface area contributed by atoms with Gasteiger partial charge in [0.15, 0.2) is 23.1 Å². The third-order valence-corrected chi connectivity index (χ3v) is 11.2. The Morgan fingerprint density at radius 1 is 0.735 bits per heavy atom. The molecule has 0 saturated carbocycles. The Hall–Kier alpha value is -2.36. The molecule has 2 aliphatic carbocycles. The van der Waals surface area contributed by atoms with Crippen molar-refractivity contribution >= 4 is 63.4 Å². The number of ketones is 2. The summed E-state index contributed by atoms with van der Waals surface area (Å²) in [4.78, 5) is 48.2. The minimum Gasteiger partial charge on any atom is -0.504 e. The predicted octanol–water partition coefficient (Wildman–Crippen LogP) is -2.24. The molecule has 7 rings (SSSR count). The summed E-state index contributed by atoms with van der Waals surface area (Å²) in [6.45, 7) is 0. The minimum absolute atomic E-state index is 0. The molecule has 0 bridgehead atoms. The summed E-state index contributed by atoms with van der Waals surface area (Å²) in [6.07, 6.45) is 0. The van der Waals surface area contributed by atoms with E-state index < -0.39 is 23.3 Å². The van der Waals surface area contributed by atoms with E-state index in [1.807, 2.05) is 0 Å². The molecule has 0 amide bonds. The SMILES string of the molecule is O.O=C([O-])c1ccccc1-c1c2cc(Br)c(=O)cc-2oc2[c]([Hg])c([O-])c(Br)cc12.O=C1c2ccccc2C(=O)c2c1ccc(O)c2O.[Na+].[Na+]. The van der Waals surface area contributed by atoms with Crippen LogP contribution in [0.15, 0.2) is 97.0 Å². The molecule has 0 unspecified atom stereocenters. The number of carbonyl (C=O) groups excluding carboxylic acids is 3. The zero-order valence-electron chi connectivity index (χ0n) is 25.7. The second-order valence-electron chi connectivity index (χ2n) is 10.2. The first kappa shape index (κ1) is 41.1. The average molecular weight is 992 g/mol. The molecule has 3 aliphatic rings. The fourth-order valence-electron chi connectivity index (χ4n) is 5.37. The van der Waals surface area contributed by atoms with Gasteiger partial charge in [-0.05, 0) is 12.1 Å². The number of aromatic carboxylic acids is 1. The minimum atomic E-state index is -1.31. The van der Waals surface area contributed by atoms with E-state index in [9.17, 15) is 39.6 Å². The number of carbonyl (C=O) groups is 3. The molecule has 0 radical (unpaired) electrons. The average Bonchev–Trinajstić information content (AvgIpc) is 3.04. The summed E-state index contributed by atoms with van der Waals surface area (Å²) in [7, 11) is 0. The van der Waals surface area contributed by atoms with Crippen LogP contribution in [0.2, 0.25) is 0 Å². The van der Waals surface area contributed by atoms with Crippen LogP contribution in [0.1, 0.15) is 42.2 Å². The van der Waals surface area contributed by atoms with E-state index in [0.29, 0.717) is 45.2 Å². The van der Waals surface area contributed by atoms with Gasteiger partial charge in [0.1, 0.15) is 0 Å². The van der Waals surface area contributed by atoms with Crippen molar-refractivity contribution in [2.75, 3.05) is 0 Å². The summed E-state index contributed by atoms with van der Waals surface area (Å²) in [5.41, 5.74) is 2.25. The zero-order chi connectivity index (χ0) is 33.0. The van der Waals surface area contributed by atoms with Gasteiger partial charge >= 0.3 is 252 Å². The van der Waals surface area contributed by atoms with Gasteiger partial charge in [0.05, 0.1) is 5.56 Å². The van der Waals surface area contributed by atoms with Crippen LogP contribution in [0, 0.1) is 0 Å². The van der Waals surface area contributed by atoms with Crippen molar-refractivity contribution in [3.05, 3.63) is 126 Å². The normalized spacial score (nSPS) is 11.3. The summed E-state index contributed by atoms with van der Waals surface area (Å²) < 4.78 is 7.22. The van der Waals surface area contributed by atoms with Crippen LogP contribution in [0.5, 0.6) is 17.2 Å². The van der Waals surface area contributed by atoms with Crippen LogP contribution in [0.3, 0.4) is 0 Å². The van der Waals surface area contributed by atoms with Crippen LogP contribution in [0.25, 0.3) is 33.4 Å². The third kappa shape index (κ3) is 7.36. The first-order chi connectivity index (χ1) is 21.9. The number of halogens is 2. The quantitative estimate of drug-likeness (QED) is 0.109. The maximum absolute atomic E-state index is 12.4.